The van der Waals surface area contributed by atoms with Crippen molar-refractivity contribution in [1.82, 2.24) is 9.55 Å². The molecular weight excluding hydrogens is 548 g/mol. The maximum atomic E-state index is 14.2. The molecule has 1 aromatic heterocycles. The Morgan fingerprint density at radius 2 is 1.86 bits per heavy atom. The second-order valence-electron chi connectivity index (χ2n) is 7.36. The van der Waals surface area contributed by atoms with Gasteiger partial charge in [0.25, 0.3) is 5.56 Å². The van der Waals surface area contributed by atoms with Crippen molar-refractivity contribution in [2.45, 2.75) is 30.5 Å². The third-order valence-corrected chi connectivity index (χ3v) is 8.76. The van der Waals surface area contributed by atoms with E-state index < -0.39 is 77.5 Å². The van der Waals surface area contributed by atoms with Crippen molar-refractivity contribution in [3.63, 3.8) is 0 Å². The summed E-state index contributed by atoms with van der Waals surface area (Å²) in [7, 11) is -17.3. The van der Waals surface area contributed by atoms with Gasteiger partial charge >= 0.3 is 29.2 Å². The molecule has 7 N–H and O–H groups in total. The first kappa shape index (κ1) is 29.9. The van der Waals surface area contributed by atoms with Gasteiger partial charge in [-0.15, -0.1) is 6.58 Å². The number of aliphatic hydroxyl groups excluding tert-OH is 1. The molecule has 7 atom stereocenters. The van der Waals surface area contributed by atoms with Gasteiger partial charge in [0.05, 0.1) is 6.61 Å². The second kappa shape index (κ2) is 10.2. The smallest absolute Gasteiger partial charge is 0.387 e. The number of ether oxygens (including phenoxy) is 1. The fourth-order valence-corrected chi connectivity index (χ4v) is 6.32. The Labute approximate surface area is 194 Å². The van der Waals surface area contributed by atoms with Crippen molar-refractivity contribution in [2.75, 3.05) is 13.3 Å². The van der Waals surface area contributed by atoms with E-state index in [9.17, 15) is 47.7 Å². The van der Waals surface area contributed by atoms with Crippen LogP contribution in [0.25, 0.3) is 0 Å². The van der Waals surface area contributed by atoms with E-state index in [1.165, 1.54) is 6.92 Å². The Balaban J connectivity index is 2.43. The number of aromatic amines is 1. The summed E-state index contributed by atoms with van der Waals surface area (Å²) in [5.41, 5.74) is -7.27. The van der Waals surface area contributed by atoms with Gasteiger partial charge in [0.2, 0.25) is 0 Å². The Morgan fingerprint density at radius 3 is 2.34 bits per heavy atom. The highest BCUT2D eigenvalue weighted by molar-refractivity contribution is 7.66. The third-order valence-electron chi connectivity index (χ3n) is 4.98. The van der Waals surface area contributed by atoms with Crippen molar-refractivity contribution >= 4 is 23.5 Å². The topological polar surface area (TPSA) is 264 Å². The monoisotopic (exact) mass is 570 g/mol. The Morgan fingerprint density at radius 1 is 1.26 bits per heavy atom. The average Bonchev–Trinajstić information content (AvgIpc) is 2.92. The van der Waals surface area contributed by atoms with Crippen molar-refractivity contribution in [1.29, 1.82) is 0 Å². The van der Waals surface area contributed by atoms with Gasteiger partial charge in [0.1, 0.15) is 18.4 Å². The van der Waals surface area contributed by atoms with Crippen LogP contribution in [0, 0.1) is 5.92 Å². The number of nitrogens with one attached hydrogen (secondary N) is 1. The van der Waals surface area contributed by atoms with Crippen LogP contribution in [0.15, 0.2) is 34.5 Å². The lowest BCUT2D eigenvalue weighted by molar-refractivity contribution is -0.143. The summed E-state index contributed by atoms with van der Waals surface area (Å²) in [6.45, 7) is 1.51. The van der Waals surface area contributed by atoms with Gasteiger partial charge in [-0.05, 0) is 0 Å². The first-order chi connectivity index (χ1) is 15.8. The summed E-state index contributed by atoms with van der Waals surface area (Å²) in [6.07, 6.45) is -2.30. The van der Waals surface area contributed by atoms with Crippen LogP contribution in [0.3, 0.4) is 0 Å². The molecule has 0 bridgehead atoms. The standard InChI is InChI=1S/C14H22FN2O15P3/c1-3-8(2)14(21)10(19)13(6-15,30-11(14)17-5-4-9(18)16-12(17)20)7-29-34(25,26)32-35(27,28)31-33(22,23)24/h3-5,8,10-11,19,21H,1,6-7H2,2H3,(H,25,26)(H,27,28)(H,16,18,20)(H2,22,23,24)/t8-,10+,11+,13+,14+/m0/s1. The number of phosphoric acid groups is 3. The number of aliphatic hydroxyl groups is 2. The van der Waals surface area contributed by atoms with Gasteiger partial charge in [-0.1, -0.05) is 13.0 Å². The predicted molar refractivity (Wildman–Crippen MR) is 110 cm³/mol. The second-order valence-corrected chi connectivity index (χ2v) is 11.8. The minimum Gasteiger partial charge on any atom is -0.387 e. The van der Waals surface area contributed by atoms with Crippen molar-refractivity contribution in [3.8, 4) is 0 Å². The highest BCUT2D eigenvalue weighted by Crippen LogP contribution is 2.66. The van der Waals surface area contributed by atoms with E-state index in [1.807, 2.05) is 4.98 Å². The summed E-state index contributed by atoms with van der Waals surface area (Å²) < 4.78 is 65.9. The quantitative estimate of drug-likeness (QED) is 0.125. The number of rotatable bonds is 11. The van der Waals surface area contributed by atoms with Crippen LogP contribution < -0.4 is 11.2 Å². The molecule has 2 heterocycles. The Bertz CT molecular complexity index is 1210. The van der Waals surface area contributed by atoms with E-state index in [2.05, 4.69) is 19.7 Å². The number of alkyl halides is 1. The number of hydrogen-bond donors (Lipinski definition) is 7. The molecule has 0 amide bonds. The van der Waals surface area contributed by atoms with Crippen LogP contribution in [0.1, 0.15) is 13.2 Å². The van der Waals surface area contributed by atoms with Crippen LogP contribution in [-0.4, -0.2) is 69.9 Å². The van der Waals surface area contributed by atoms with E-state index >= 15 is 0 Å². The predicted octanol–water partition coefficient (Wildman–Crippen LogP) is -0.969. The number of H-pyrrole nitrogens is 1. The third kappa shape index (κ3) is 6.50. The van der Waals surface area contributed by atoms with E-state index in [0.29, 0.717) is 4.57 Å². The molecule has 21 heteroatoms. The largest absolute Gasteiger partial charge is 0.490 e. The lowest BCUT2D eigenvalue weighted by atomic mass is 9.78. The molecule has 1 fully saturated rings. The molecule has 2 rings (SSSR count). The van der Waals surface area contributed by atoms with Crippen molar-refractivity contribution < 1.29 is 65.8 Å². The van der Waals surface area contributed by atoms with Crippen molar-refractivity contribution in [3.05, 3.63) is 45.8 Å². The molecule has 1 aliphatic heterocycles. The summed E-state index contributed by atoms with van der Waals surface area (Å²) in [6, 6.07) is 0.845. The molecule has 0 saturated carbocycles. The first-order valence-electron chi connectivity index (χ1n) is 9.19. The minimum absolute atomic E-state index is 0.590. The number of nitrogens with zero attached hydrogens (tertiary/aromatic N) is 1. The molecule has 2 unspecified atom stereocenters. The zero-order valence-electron chi connectivity index (χ0n) is 17.6. The van der Waals surface area contributed by atoms with Gasteiger partial charge in [0.15, 0.2) is 11.8 Å². The van der Waals surface area contributed by atoms with Crippen LogP contribution in [-0.2, 0) is 31.6 Å². The van der Waals surface area contributed by atoms with Gasteiger partial charge < -0.3 is 34.5 Å². The molecule has 1 aromatic rings. The zero-order chi connectivity index (χ0) is 27.0. The summed E-state index contributed by atoms with van der Waals surface area (Å²) in [4.78, 5) is 61.5. The highest BCUT2D eigenvalue weighted by atomic mass is 31.3. The van der Waals surface area contributed by atoms with Gasteiger partial charge in [-0.25, -0.2) is 22.9 Å². The van der Waals surface area contributed by atoms with E-state index in [-0.39, 0.29) is 0 Å². The molecule has 35 heavy (non-hydrogen) atoms. The van der Waals surface area contributed by atoms with Crippen molar-refractivity contribution in [2.24, 2.45) is 5.92 Å². The maximum Gasteiger partial charge on any atom is 0.490 e. The molecule has 0 aromatic carbocycles. The number of phosphoric ester groups is 1. The van der Waals surface area contributed by atoms with Crippen LogP contribution in [0.2, 0.25) is 0 Å². The summed E-state index contributed by atoms with van der Waals surface area (Å²) >= 11 is 0. The molecule has 200 valence electrons. The van der Waals surface area contributed by atoms with Crippen LogP contribution >= 0.6 is 23.5 Å². The molecule has 17 nitrogen and oxygen atoms in total. The Kier molecular flexibility index (Phi) is 8.69. The summed E-state index contributed by atoms with van der Waals surface area (Å²) in [5, 5.41) is 22.1. The molecule has 0 spiro atoms. The lowest BCUT2D eigenvalue weighted by Crippen LogP contribution is -2.57. The lowest BCUT2D eigenvalue weighted by Gasteiger charge is -2.36. The first-order valence-corrected chi connectivity index (χ1v) is 13.7. The summed E-state index contributed by atoms with van der Waals surface area (Å²) in [5.74, 6) is -1.15. The molecule has 0 radical (unpaired) electrons. The van der Waals surface area contributed by atoms with Gasteiger partial charge in [-0.2, -0.15) is 8.62 Å². The number of halogens is 1. The van der Waals surface area contributed by atoms with Gasteiger partial charge in [-0.3, -0.25) is 18.9 Å². The molecule has 1 aliphatic rings. The average molecular weight is 570 g/mol. The van der Waals surface area contributed by atoms with Crippen LogP contribution in [0.4, 0.5) is 4.39 Å². The molecular formula is C14H22FN2O15P3. The van der Waals surface area contributed by atoms with Crippen LogP contribution in [0.5, 0.6) is 0 Å². The zero-order valence-corrected chi connectivity index (χ0v) is 20.3. The van der Waals surface area contributed by atoms with E-state index in [1.54, 1.807) is 0 Å². The van der Waals surface area contributed by atoms with E-state index in [0.717, 1.165) is 18.3 Å². The maximum absolute atomic E-state index is 14.2. The highest BCUT2D eigenvalue weighted by Gasteiger charge is 2.66. The number of aromatic nitrogens is 2. The normalized spacial score (nSPS) is 31.4. The minimum atomic E-state index is -5.90. The molecule has 1 saturated heterocycles. The van der Waals surface area contributed by atoms with Gasteiger partial charge in [0, 0.05) is 18.2 Å². The fourth-order valence-electron chi connectivity index (χ4n) is 3.24. The van der Waals surface area contributed by atoms with E-state index in [4.69, 9.17) is 14.5 Å². The Hall–Kier alpha value is -1.36. The molecule has 0 aliphatic carbocycles. The SMILES string of the molecule is C=C[C@H](C)[C@@]1(O)[C@H](O)[C@@](CF)(COP(=O)(O)OP(=O)(O)OP(=O)(O)O)O[C@H]1n1ccc(=O)[nH]c1=O. The fraction of sp³-hybridized carbons (Fsp3) is 0.571. The number of hydrogen-bond acceptors (Lipinski definition) is 11.